The summed E-state index contributed by atoms with van der Waals surface area (Å²) in [5.74, 6) is 0.985. The molecule has 0 unspecified atom stereocenters. The molecule has 1 aromatic rings. The highest BCUT2D eigenvalue weighted by molar-refractivity contribution is 7.89. The quantitative estimate of drug-likeness (QED) is 0.553. The summed E-state index contributed by atoms with van der Waals surface area (Å²) in [6, 6.07) is 0.639. The molecule has 0 aliphatic heterocycles. The number of sulfonamides is 1. The van der Waals surface area contributed by atoms with Gasteiger partial charge in [0.15, 0.2) is 0 Å². The number of H-pyrrole nitrogens is 1. The maximum absolute atomic E-state index is 11.6. The van der Waals surface area contributed by atoms with Crippen LogP contribution in [-0.4, -0.2) is 43.3 Å². The predicted molar refractivity (Wildman–Crippen MR) is 69.7 cm³/mol. The van der Waals surface area contributed by atoms with Crippen molar-refractivity contribution in [2.45, 2.75) is 31.7 Å². The third kappa shape index (κ3) is 5.16. The molecule has 0 spiro atoms. The topological polar surface area (TPSA) is 86.9 Å². The van der Waals surface area contributed by atoms with Crippen LogP contribution >= 0.6 is 0 Å². The van der Waals surface area contributed by atoms with E-state index in [1.165, 1.54) is 12.8 Å². The van der Waals surface area contributed by atoms with Crippen LogP contribution in [0.25, 0.3) is 0 Å². The van der Waals surface area contributed by atoms with Crippen molar-refractivity contribution < 1.29 is 8.42 Å². The molecule has 1 heterocycles. The summed E-state index contributed by atoms with van der Waals surface area (Å²) in [6.45, 7) is 1.18. The fraction of sp³-hybridized carbons (Fsp3) is 0.727. The summed E-state index contributed by atoms with van der Waals surface area (Å²) in [5.41, 5.74) is 0. The summed E-state index contributed by atoms with van der Waals surface area (Å²) < 4.78 is 25.9. The summed E-state index contributed by atoms with van der Waals surface area (Å²) >= 11 is 0. The largest absolute Gasteiger partial charge is 0.349 e. The smallest absolute Gasteiger partial charge is 0.211 e. The van der Waals surface area contributed by atoms with Crippen LogP contribution in [0.15, 0.2) is 12.4 Å². The van der Waals surface area contributed by atoms with E-state index in [9.17, 15) is 8.42 Å². The molecule has 3 N–H and O–H groups in total. The van der Waals surface area contributed by atoms with E-state index in [1.54, 1.807) is 12.4 Å². The second kappa shape index (κ2) is 6.31. The van der Waals surface area contributed by atoms with Crippen molar-refractivity contribution in [1.82, 2.24) is 20.0 Å². The number of hydrogen-bond acceptors (Lipinski definition) is 4. The van der Waals surface area contributed by atoms with Crippen LogP contribution < -0.4 is 10.0 Å². The average Bonchev–Trinajstić information content (AvgIpc) is 3.01. The lowest BCUT2D eigenvalue weighted by Crippen LogP contribution is -2.30. The molecule has 1 fully saturated rings. The molecule has 1 aliphatic rings. The number of aromatic nitrogens is 2. The Kier molecular flexibility index (Phi) is 4.73. The Hall–Kier alpha value is -0.920. The molecular weight excluding hydrogens is 252 g/mol. The summed E-state index contributed by atoms with van der Waals surface area (Å²) in [5, 5.41) is 3.30. The van der Waals surface area contributed by atoms with Gasteiger partial charge in [0.25, 0.3) is 0 Å². The third-order valence-electron chi connectivity index (χ3n) is 2.84. The Balaban J connectivity index is 1.57. The fourth-order valence-corrected chi connectivity index (χ4v) is 2.77. The van der Waals surface area contributed by atoms with Crippen LogP contribution in [0.4, 0.5) is 0 Å². The van der Waals surface area contributed by atoms with Gasteiger partial charge in [0, 0.05) is 31.4 Å². The predicted octanol–water partition coefficient (Wildman–Crippen LogP) is 0.0137. The highest BCUT2D eigenvalue weighted by Gasteiger charge is 2.20. The van der Waals surface area contributed by atoms with Crippen LogP contribution in [0, 0.1) is 0 Å². The van der Waals surface area contributed by atoms with Crippen LogP contribution in [0.3, 0.4) is 0 Å². The lowest BCUT2D eigenvalue weighted by Gasteiger charge is -2.06. The first kappa shape index (κ1) is 13.5. The third-order valence-corrected chi connectivity index (χ3v) is 4.31. The average molecular weight is 272 g/mol. The molecular formula is C11H20N4O2S. The van der Waals surface area contributed by atoms with E-state index in [0.717, 1.165) is 12.4 Å². The summed E-state index contributed by atoms with van der Waals surface area (Å²) in [4.78, 5) is 6.98. The first-order chi connectivity index (χ1) is 8.66. The molecule has 1 aliphatic carbocycles. The van der Waals surface area contributed by atoms with Gasteiger partial charge in [-0.1, -0.05) is 0 Å². The van der Waals surface area contributed by atoms with Crippen molar-refractivity contribution in [2.24, 2.45) is 0 Å². The number of hydrogen-bond donors (Lipinski definition) is 3. The summed E-state index contributed by atoms with van der Waals surface area (Å²) in [6.07, 6.45) is 7.10. The van der Waals surface area contributed by atoms with E-state index in [-0.39, 0.29) is 5.75 Å². The molecule has 1 aromatic heterocycles. The van der Waals surface area contributed by atoms with Gasteiger partial charge in [-0.25, -0.2) is 18.1 Å². The van der Waals surface area contributed by atoms with Crippen LogP contribution in [-0.2, 0) is 16.4 Å². The molecule has 0 atom stereocenters. The zero-order valence-corrected chi connectivity index (χ0v) is 11.2. The summed E-state index contributed by atoms with van der Waals surface area (Å²) in [7, 11) is -3.14. The van der Waals surface area contributed by atoms with Gasteiger partial charge in [0.1, 0.15) is 5.82 Å². The number of imidazole rings is 1. The molecule has 0 radical (unpaired) electrons. The van der Waals surface area contributed by atoms with E-state index in [2.05, 4.69) is 20.0 Å². The minimum atomic E-state index is -3.14. The Labute approximate surface area is 108 Å². The zero-order chi connectivity index (χ0) is 12.8. The van der Waals surface area contributed by atoms with E-state index < -0.39 is 10.0 Å². The molecule has 102 valence electrons. The fourth-order valence-electron chi connectivity index (χ4n) is 1.69. The van der Waals surface area contributed by atoms with Gasteiger partial charge in [0.05, 0.1) is 5.75 Å². The Morgan fingerprint density at radius 2 is 2.22 bits per heavy atom. The van der Waals surface area contributed by atoms with Crippen LogP contribution in [0.1, 0.15) is 25.1 Å². The van der Waals surface area contributed by atoms with Gasteiger partial charge in [0.2, 0.25) is 10.0 Å². The highest BCUT2D eigenvalue weighted by Crippen LogP contribution is 2.18. The standard InChI is InChI=1S/C11H20N4O2S/c16-18(17,9-1-5-12-10-2-3-10)15-6-4-11-13-7-8-14-11/h7-8,10,12,15H,1-6,9H2,(H,13,14). The number of rotatable bonds is 9. The van der Waals surface area contributed by atoms with E-state index >= 15 is 0 Å². The van der Waals surface area contributed by atoms with Gasteiger partial charge in [-0.05, 0) is 25.8 Å². The SMILES string of the molecule is O=S(=O)(CCCNC1CC1)NCCc1ncc[nH]1. The molecule has 7 heteroatoms. The molecule has 0 amide bonds. The molecule has 0 bridgehead atoms. The molecule has 0 saturated heterocycles. The van der Waals surface area contributed by atoms with E-state index in [1.807, 2.05) is 0 Å². The Morgan fingerprint density at radius 3 is 2.89 bits per heavy atom. The van der Waals surface area contributed by atoms with E-state index in [0.29, 0.717) is 25.4 Å². The second-order valence-electron chi connectivity index (χ2n) is 4.58. The van der Waals surface area contributed by atoms with Crippen LogP contribution in [0.5, 0.6) is 0 Å². The Bertz CT molecular complexity index is 440. The van der Waals surface area contributed by atoms with E-state index in [4.69, 9.17) is 0 Å². The van der Waals surface area contributed by atoms with Crippen molar-refractivity contribution in [3.05, 3.63) is 18.2 Å². The van der Waals surface area contributed by atoms with Gasteiger partial charge in [-0.2, -0.15) is 0 Å². The van der Waals surface area contributed by atoms with Crippen molar-refractivity contribution in [1.29, 1.82) is 0 Å². The van der Waals surface area contributed by atoms with Gasteiger partial charge in [-0.3, -0.25) is 0 Å². The highest BCUT2D eigenvalue weighted by atomic mass is 32.2. The maximum Gasteiger partial charge on any atom is 0.211 e. The van der Waals surface area contributed by atoms with Crippen molar-refractivity contribution in [3.8, 4) is 0 Å². The lowest BCUT2D eigenvalue weighted by atomic mass is 10.4. The Morgan fingerprint density at radius 1 is 1.39 bits per heavy atom. The first-order valence-corrected chi connectivity index (χ1v) is 8.00. The number of nitrogens with one attached hydrogen (secondary N) is 3. The first-order valence-electron chi connectivity index (χ1n) is 6.35. The minimum absolute atomic E-state index is 0.185. The minimum Gasteiger partial charge on any atom is -0.349 e. The van der Waals surface area contributed by atoms with Crippen molar-refractivity contribution in [3.63, 3.8) is 0 Å². The maximum atomic E-state index is 11.6. The number of nitrogens with zero attached hydrogens (tertiary/aromatic N) is 1. The molecule has 0 aromatic carbocycles. The van der Waals surface area contributed by atoms with Crippen molar-refractivity contribution in [2.75, 3.05) is 18.8 Å². The number of aromatic amines is 1. The molecule has 2 rings (SSSR count). The van der Waals surface area contributed by atoms with Gasteiger partial charge >= 0.3 is 0 Å². The van der Waals surface area contributed by atoms with Gasteiger partial charge < -0.3 is 10.3 Å². The monoisotopic (exact) mass is 272 g/mol. The van der Waals surface area contributed by atoms with Crippen molar-refractivity contribution >= 4 is 10.0 Å². The zero-order valence-electron chi connectivity index (χ0n) is 10.4. The molecule has 18 heavy (non-hydrogen) atoms. The normalized spacial score (nSPS) is 16.0. The second-order valence-corrected chi connectivity index (χ2v) is 6.51. The molecule has 1 saturated carbocycles. The van der Waals surface area contributed by atoms with Crippen LogP contribution in [0.2, 0.25) is 0 Å². The molecule has 6 nitrogen and oxygen atoms in total. The lowest BCUT2D eigenvalue weighted by molar-refractivity contribution is 0.574. The van der Waals surface area contributed by atoms with Gasteiger partial charge in [-0.15, -0.1) is 0 Å².